The first-order valence-electron chi connectivity index (χ1n) is 8.35. The minimum absolute atomic E-state index is 0.464. The minimum Gasteiger partial charge on any atom is -0.379 e. The summed E-state index contributed by atoms with van der Waals surface area (Å²) in [6, 6.07) is 0.536. The summed E-state index contributed by atoms with van der Waals surface area (Å²) in [4.78, 5) is 10.5. The highest BCUT2D eigenvalue weighted by molar-refractivity contribution is 5.78. The zero-order chi connectivity index (χ0) is 14.5. The third kappa shape index (κ3) is 10.4. The maximum Gasteiger partial charge on any atom is 0.132 e. The van der Waals surface area contributed by atoms with Gasteiger partial charge in [0.25, 0.3) is 0 Å². The molecule has 0 aromatic rings. The lowest BCUT2D eigenvalue weighted by Crippen LogP contribution is -2.30. The van der Waals surface area contributed by atoms with Crippen LogP contribution in [0, 0.1) is 0 Å². The Balaban J connectivity index is 0.000000151. The van der Waals surface area contributed by atoms with Gasteiger partial charge in [-0.25, -0.2) is 0 Å². The van der Waals surface area contributed by atoms with Gasteiger partial charge in [0.1, 0.15) is 5.78 Å². The molecule has 3 fully saturated rings. The van der Waals surface area contributed by atoms with Crippen LogP contribution in [0.3, 0.4) is 0 Å². The Morgan fingerprint density at radius 3 is 1.70 bits per heavy atom. The van der Waals surface area contributed by atoms with E-state index in [0.717, 1.165) is 52.0 Å². The Labute approximate surface area is 123 Å². The molecule has 1 saturated heterocycles. The Hall–Kier alpha value is -0.450. The highest BCUT2D eigenvalue weighted by Gasteiger charge is 2.06. The lowest BCUT2D eigenvalue weighted by molar-refractivity contribution is -0.120. The summed E-state index contributed by atoms with van der Waals surface area (Å²) in [5, 5.41) is 3.16. The lowest BCUT2D eigenvalue weighted by atomic mass is 9.97. The van der Waals surface area contributed by atoms with Gasteiger partial charge in [-0.3, -0.25) is 4.79 Å². The van der Waals surface area contributed by atoms with Crippen molar-refractivity contribution in [3.8, 4) is 0 Å². The number of hydrogen-bond donors (Lipinski definition) is 2. The van der Waals surface area contributed by atoms with E-state index in [0.29, 0.717) is 11.8 Å². The molecule has 0 aromatic carbocycles. The van der Waals surface area contributed by atoms with E-state index in [2.05, 4.69) is 5.32 Å². The molecule has 1 heterocycles. The molecule has 0 amide bonds. The predicted octanol–water partition coefficient (Wildman–Crippen LogP) is 2.40. The fourth-order valence-electron chi connectivity index (χ4n) is 2.60. The van der Waals surface area contributed by atoms with Gasteiger partial charge in [-0.1, -0.05) is 25.7 Å². The van der Waals surface area contributed by atoms with Gasteiger partial charge in [0, 0.05) is 32.0 Å². The minimum atomic E-state index is 0.464. The number of nitrogens with one attached hydrogen (secondary N) is 1. The number of Topliss-reactive ketones (excluding diaryl/α,β-unsaturated/α-hetero) is 1. The van der Waals surface area contributed by atoms with Crippen molar-refractivity contribution in [1.82, 2.24) is 5.32 Å². The molecule has 4 heteroatoms. The average molecular weight is 284 g/mol. The summed E-state index contributed by atoms with van der Waals surface area (Å²) in [5.74, 6) is 0.464. The van der Waals surface area contributed by atoms with Crippen molar-refractivity contribution >= 4 is 5.78 Å². The fraction of sp³-hybridized carbons (Fsp3) is 0.938. The van der Waals surface area contributed by atoms with Crippen LogP contribution in [-0.4, -0.2) is 38.1 Å². The average Bonchev–Trinajstić information content (AvgIpc) is 2.52. The van der Waals surface area contributed by atoms with Crippen LogP contribution in [0.25, 0.3) is 0 Å². The SMILES string of the molecule is C1COCCN1.NC1CCCCC1.O=C1CCCCC1. The molecule has 0 atom stereocenters. The van der Waals surface area contributed by atoms with Gasteiger partial charge in [-0.2, -0.15) is 0 Å². The molecule has 20 heavy (non-hydrogen) atoms. The smallest absolute Gasteiger partial charge is 0.132 e. The molecule has 0 unspecified atom stereocenters. The number of hydrogen-bond acceptors (Lipinski definition) is 4. The molecule has 3 aliphatic rings. The first-order chi connectivity index (χ1) is 9.79. The second-order valence-electron chi connectivity index (χ2n) is 5.86. The Morgan fingerprint density at radius 2 is 1.45 bits per heavy atom. The Kier molecular flexibility index (Phi) is 10.8. The molecule has 2 saturated carbocycles. The van der Waals surface area contributed by atoms with Crippen LogP contribution < -0.4 is 11.1 Å². The topological polar surface area (TPSA) is 64.3 Å². The van der Waals surface area contributed by atoms with Crippen LogP contribution >= 0.6 is 0 Å². The second-order valence-corrected chi connectivity index (χ2v) is 5.86. The second kappa shape index (κ2) is 12.3. The van der Waals surface area contributed by atoms with Gasteiger partial charge in [0.15, 0.2) is 0 Å². The van der Waals surface area contributed by atoms with Crippen molar-refractivity contribution in [3.63, 3.8) is 0 Å². The van der Waals surface area contributed by atoms with Crippen LogP contribution in [0.1, 0.15) is 64.2 Å². The number of morpholine rings is 1. The van der Waals surface area contributed by atoms with Crippen molar-refractivity contribution in [2.75, 3.05) is 26.3 Å². The van der Waals surface area contributed by atoms with Crippen LogP contribution in [-0.2, 0) is 9.53 Å². The molecule has 0 bridgehead atoms. The number of ether oxygens (including phenoxy) is 1. The van der Waals surface area contributed by atoms with E-state index in [9.17, 15) is 4.79 Å². The van der Waals surface area contributed by atoms with Crippen molar-refractivity contribution in [1.29, 1.82) is 0 Å². The molecule has 1 aliphatic heterocycles. The summed E-state index contributed by atoms with van der Waals surface area (Å²) in [6.07, 6.45) is 11.9. The summed E-state index contributed by atoms with van der Waals surface area (Å²) >= 11 is 0. The van der Waals surface area contributed by atoms with Gasteiger partial charge in [0.05, 0.1) is 13.2 Å². The van der Waals surface area contributed by atoms with Crippen molar-refractivity contribution in [3.05, 3.63) is 0 Å². The molecular weight excluding hydrogens is 252 g/mol. The number of nitrogens with two attached hydrogens (primary N) is 1. The van der Waals surface area contributed by atoms with E-state index in [4.69, 9.17) is 10.5 Å². The third-order valence-corrected chi connectivity index (χ3v) is 3.91. The summed E-state index contributed by atoms with van der Waals surface area (Å²) < 4.78 is 5.01. The first-order valence-corrected chi connectivity index (χ1v) is 8.35. The van der Waals surface area contributed by atoms with Crippen molar-refractivity contribution in [2.24, 2.45) is 5.73 Å². The first kappa shape index (κ1) is 17.6. The molecule has 0 radical (unpaired) electrons. The van der Waals surface area contributed by atoms with E-state index in [1.807, 2.05) is 0 Å². The quantitative estimate of drug-likeness (QED) is 0.717. The summed E-state index contributed by atoms with van der Waals surface area (Å²) in [6.45, 7) is 3.83. The standard InChI is InChI=1S/C6H13N.C6H10O.C4H9NO/c2*7-6-4-2-1-3-5-6;1-3-6-4-2-5-1/h6H,1-5,7H2;1-5H2;5H,1-4H2. The zero-order valence-corrected chi connectivity index (χ0v) is 12.9. The lowest BCUT2D eigenvalue weighted by Gasteiger charge is -2.15. The summed E-state index contributed by atoms with van der Waals surface area (Å²) in [7, 11) is 0. The van der Waals surface area contributed by atoms with Gasteiger partial charge in [-0.15, -0.1) is 0 Å². The third-order valence-electron chi connectivity index (χ3n) is 3.91. The largest absolute Gasteiger partial charge is 0.379 e. The normalized spacial score (nSPS) is 23.9. The van der Waals surface area contributed by atoms with E-state index >= 15 is 0 Å². The van der Waals surface area contributed by atoms with Crippen LogP contribution in [0.15, 0.2) is 0 Å². The van der Waals surface area contributed by atoms with E-state index in [1.54, 1.807) is 0 Å². The number of ketones is 1. The molecule has 3 N–H and O–H groups in total. The monoisotopic (exact) mass is 284 g/mol. The molecule has 0 spiro atoms. The Morgan fingerprint density at radius 1 is 0.900 bits per heavy atom. The van der Waals surface area contributed by atoms with Crippen molar-refractivity contribution in [2.45, 2.75) is 70.3 Å². The molecule has 2 aliphatic carbocycles. The summed E-state index contributed by atoms with van der Waals surface area (Å²) in [5.41, 5.74) is 5.63. The Bertz CT molecular complexity index is 217. The van der Waals surface area contributed by atoms with E-state index < -0.39 is 0 Å². The number of carbonyl (C=O) groups is 1. The van der Waals surface area contributed by atoms with Gasteiger partial charge in [0.2, 0.25) is 0 Å². The molecule has 4 nitrogen and oxygen atoms in total. The molecule has 118 valence electrons. The van der Waals surface area contributed by atoms with E-state index in [1.165, 1.54) is 38.5 Å². The number of rotatable bonds is 0. The predicted molar refractivity (Wildman–Crippen MR) is 82.8 cm³/mol. The number of carbonyl (C=O) groups excluding carboxylic acids is 1. The molecule has 0 aromatic heterocycles. The highest BCUT2D eigenvalue weighted by atomic mass is 16.5. The van der Waals surface area contributed by atoms with Crippen LogP contribution in [0.4, 0.5) is 0 Å². The zero-order valence-electron chi connectivity index (χ0n) is 12.9. The van der Waals surface area contributed by atoms with E-state index in [-0.39, 0.29) is 0 Å². The highest BCUT2D eigenvalue weighted by Crippen LogP contribution is 2.14. The molecule has 3 rings (SSSR count). The van der Waals surface area contributed by atoms with Gasteiger partial charge >= 0.3 is 0 Å². The maximum atomic E-state index is 10.5. The van der Waals surface area contributed by atoms with Gasteiger partial charge in [-0.05, 0) is 25.7 Å². The maximum absolute atomic E-state index is 10.5. The molecular formula is C16H32N2O2. The van der Waals surface area contributed by atoms with Crippen LogP contribution in [0.5, 0.6) is 0 Å². The fourth-order valence-corrected chi connectivity index (χ4v) is 2.60. The van der Waals surface area contributed by atoms with Crippen LogP contribution in [0.2, 0.25) is 0 Å². The van der Waals surface area contributed by atoms with Gasteiger partial charge < -0.3 is 15.8 Å². The van der Waals surface area contributed by atoms with Crippen molar-refractivity contribution < 1.29 is 9.53 Å².